The van der Waals surface area contributed by atoms with Crippen LogP contribution in [0.4, 0.5) is 0 Å². The van der Waals surface area contributed by atoms with Crippen molar-refractivity contribution in [1.82, 2.24) is 0 Å². The van der Waals surface area contributed by atoms with Crippen LogP contribution in [0.15, 0.2) is 47.5 Å². The van der Waals surface area contributed by atoms with Crippen LogP contribution in [0.5, 0.6) is 11.5 Å². The van der Waals surface area contributed by atoms with Gasteiger partial charge in [-0.1, -0.05) is 39.5 Å². The molecule has 1 heterocycles. The van der Waals surface area contributed by atoms with Gasteiger partial charge in [-0.05, 0) is 61.3 Å². The van der Waals surface area contributed by atoms with Gasteiger partial charge in [0.15, 0.2) is 19.8 Å². The quantitative estimate of drug-likeness (QED) is 0.390. The van der Waals surface area contributed by atoms with Gasteiger partial charge >= 0.3 is 0 Å². The third kappa shape index (κ3) is 4.67. The third-order valence-corrected chi connectivity index (χ3v) is 10.8. The van der Waals surface area contributed by atoms with Crippen molar-refractivity contribution < 1.29 is 13.9 Å². The van der Waals surface area contributed by atoms with Crippen LogP contribution in [0.2, 0.25) is 18.1 Å². The monoisotopic (exact) mass is 415 g/mol. The zero-order valence-corrected chi connectivity index (χ0v) is 20.3. The number of aliphatic imine (C=N–C) groups is 1. The van der Waals surface area contributed by atoms with E-state index in [1.807, 2.05) is 25.3 Å². The third-order valence-electron chi connectivity index (χ3n) is 6.35. The van der Waals surface area contributed by atoms with Crippen LogP contribution in [0, 0.1) is 0 Å². The van der Waals surface area contributed by atoms with Crippen LogP contribution < -0.4 is 9.47 Å². The van der Waals surface area contributed by atoms with Gasteiger partial charge in [-0.15, -0.1) is 0 Å². The van der Waals surface area contributed by atoms with Crippen LogP contribution in [0.25, 0.3) is 0 Å². The molecule has 0 saturated carbocycles. The largest absolute Gasteiger partial charge is 0.493 e. The van der Waals surface area contributed by atoms with Crippen molar-refractivity contribution >= 4 is 14.5 Å². The smallest absolute Gasteiger partial charge is 0.192 e. The van der Waals surface area contributed by atoms with E-state index in [1.54, 1.807) is 7.11 Å². The molecule has 0 N–H and O–H groups in total. The summed E-state index contributed by atoms with van der Waals surface area (Å²) < 4.78 is 17.8. The Morgan fingerprint density at radius 3 is 2.48 bits per heavy atom. The van der Waals surface area contributed by atoms with Crippen molar-refractivity contribution in [1.29, 1.82) is 0 Å². The lowest BCUT2D eigenvalue weighted by atomic mass is 9.69. The number of methoxy groups -OCH3 is 1. The van der Waals surface area contributed by atoms with Crippen LogP contribution >= 0.6 is 0 Å². The Kier molecular flexibility index (Phi) is 7.17. The number of nitrogens with zero attached hydrogens (tertiary/aromatic N) is 1. The fraction of sp³-hybridized carbons (Fsp3) is 0.542. The minimum Gasteiger partial charge on any atom is -0.493 e. The van der Waals surface area contributed by atoms with E-state index >= 15 is 0 Å². The van der Waals surface area contributed by atoms with Gasteiger partial charge in [-0.3, -0.25) is 4.99 Å². The van der Waals surface area contributed by atoms with Crippen LogP contribution in [-0.2, 0) is 9.84 Å². The molecule has 160 valence electrons. The van der Waals surface area contributed by atoms with Gasteiger partial charge in [0, 0.05) is 6.21 Å². The molecule has 0 spiro atoms. The maximum atomic E-state index is 6.52. The molecule has 1 aromatic carbocycles. The van der Waals surface area contributed by atoms with E-state index < -0.39 is 13.7 Å². The average Bonchev–Trinajstić information content (AvgIpc) is 2.66. The first-order valence-electron chi connectivity index (χ1n) is 10.3. The highest BCUT2D eigenvalue weighted by Crippen LogP contribution is 2.44. The van der Waals surface area contributed by atoms with Crippen molar-refractivity contribution in [3.63, 3.8) is 0 Å². The van der Waals surface area contributed by atoms with E-state index in [9.17, 15) is 0 Å². The molecule has 0 fully saturated rings. The number of hydrogen-bond donors (Lipinski definition) is 0. The number of ether oxygens (including phenoxy) is 2. The Bertz CT molecular complexity index is 792. The minimum absolute atomic E-state index is 0.00545. The van der Waals surface area contributed by atoms with Gasteiger partial charge in [0.1, 0.15) is 0 Å². The van der Waals surface area contributed by atoms with Crippen molar-refractivity contribution in [3.05, 3.63) is 48.1 Å². The maximum absolute atomic E-state index is 6.52. The zero-order valence-electron chi connectivity index (χ0n) is 19.3. The second kappa shape index (κ2) is 8.88. The highest BCUT2D eigenvalue weighted by atomic mass is 28.4. The molecular formula is C24H37NO3Si. The summed E-state index contributed by atoms with van der Waals surface area (Å²) in [6.07, 6.45) is 6.06. The second-order valence-electron chi connectivity index (χ2n) is 9.15. The molecular weight excluding hydrogens is 378 g/mol. The van der Waals surface area contributed by atoms with Crippen molar-refractivity contribution in [2.45, 2.75) is 64.2 Å². The fourth-order valence-electron chi connectivity index (χ4n) is 3.39. The summed E-state index contributed by atoms with van der Waals surface area (Å²) in [4.78, 5) is 4.70. The van der Waals surface area contributed by atoms with Crippen molar-refractivity contribution in [3.8, 4) is 11.5 Å². The molecule has 1 aliphatic rings. The van der Waals surface area contributed by atoms with Crippen molar-refractivity contribution in [2.75, 3.05) is 20.3 Å². The Labute approximate surface area is 177 Å². The molecule has 2 atom stereocenters. The number of benzene rings is 1. The predicted octanol–water partition coefficient (Wildman–Crippen LogP) is 5.94. The second-order valence-corrected chi connectivity index (χ2v) is 14.0. The van der Waals surface area contributed by atoms with Gasteiger partial charge in [-0.25, -0.2) is 0 Å². The SMILES string of the molecule is C=C(CO[Si](C)(C)C(C)(C)C)C1(c2ccc(OC)c(OCC)c2)C=CC=NC1C. The summed E-state index contributed by atoms with van der Waals surface area (Å²) in [5, 5.41) is 0.148. The van der Waals surface area contributed by atoms with Crippen LogP contribution in [0.3, 0.4) is 0 Å². The van der Waals surface area contributed by atoms with Crippen LogP contribution in [-0.4, -0.2) is 40.9 Å². The van der Waals surface area contributed by atoms with E-state index in [4.69, 9.17) is 18.9 Å². The maximum Gasteiger partial charge on any atom is 0.192 e. The lowest BCUT2D eigenvalue weighted by Crippen LogP contribution is -2.44. The molecule has 0 radical (unpaired) electrons. The van der Waals surface area contributed by atoms with Gasteiger partial charge in [0.25, 0.3) is 0 Å². The standard InChI is InChI=1S/C24H37NO3Si/c1-10-27-22-16-20(12-13-21(22)26-7)24(14-11-15-25-19(24)3)18(2)17-28-29(8,9)23(4,5)6/h11-16,19H,2,10,17H2,1,3-9H3. The van der Waals surface area contributed by atoms with Gasteiger partial charge in [-0.2, -0.15) is 0 Å². The zero-order chi connectivity index (χ0) is 21.9. The first-order chi connectivity index (χ1) is 13.5. The molecule has 5 heteroatoms. The Hall–Kier alpha value is -1.85. The van der Waals surface area contributed by atoms with Crippen LogP contribution in [0.1, 0.15) is 40.2 Å². The number of hydrogen-bond acceptors (Lipinski definition) is 4. The van der Waals surface area contributed by atoms with Gasteiger partial charge < -0.3 is 13.9 Å². The minimum atomic E-state index is -1.89. The molecule has 2 unspecified atom stereocenters. The predicted molar refractivity (Wildman–Crippen MR) is 125 cm³/mol. The molecule has 2 rings (SSSR count). The average molecular weight is 416 g/mol. The van der Waals surface area contributed by atoms with Gasteiger partial charge in [0.2, 0.25) is 0 Å². The summed E-state index contributed by atoms with van der Waals surface area (Å²) >= 11 is 0. The number of dihydropyridines is 1. The topological polar surface area (TPSA) is 40.0 Å². The summed E-state index contributed by atoms with van der Waals surface area (Å²) in [6.45, 7) is 21.0. The summed E-state index contributed by atoms with van der Waals surface area (Å²) in [7, 11) is -0.234. The first-order valence-corrected chi connectivity index (χ1v) is 13.2. The molecule has 1 aromatic rings. The van der Waals surface area contributed by atoms with Gasteiger partial charge in [0.05, 0.1) is 31.8 Å². The van der Waals surface area contributed by atoms with E-state index in [0.717, 1.165) is 22.6 Å². The fourth-order valence-corrected chi connectivity index (χ4v) is 4.36. The molecule has 0 aliphatic carbocycles. The van der Waals surface area contributed by atoms with E-state index in [-0.39, 0.29) is 11.1 Å². The number of allylic oxidation sites excluding steroid dienone is 1. The molecule has 4 nitrogen and oxygen atoms in total. The normalized spacial score (nSPS) is 21.9. The summed E-state index contributed by atoms with van der Waals surface area (Å²) in [5.41, 5.74) is 1.65. The molecule has 0 bridgehead atoms. The molecule has 1 aliphatic heterocycles. The van der Waals surface area contributed by atoms with E-state index in [0.29, 0.717) is 13.2 Å². The Balaban J connectivity index is 2.45. The first kappa shape index (κ1) is 23.4. The van der Waals surface area contributed by atoms with Crippen molar-refractivity contribution in [2.24, 2.45) is 4.99 Å². The summed E-state index contributed by atoms with van der Waals surface area (Å²) in [6, 6.07) is 6.11. The Morgan fingerprint density at radius 1 is 1.24 bits per heavy atom. The Morgan fingerprint density at radius 2 is 1.93 bits per heavy atom. The van der Waals surface area contributed by atoms with E-state index in [1.165, 1.54) is 0 Å². The molecule has 29 heavy (non-hydrogen) atoms. The molecule has 0 saturated heterocycles. The lowest BCUT2D eigenvalue weighted by Gasteiger charge is -2.41. The number of rotatable bonds is 8. The lowest BCUT2D eigenvalue weighted by molar-refractivity contribution is 0.296. The highest BCUT2D eigenvalue weighted by molar-refractivity contribution is 6.74. The van der Waals surface area contributed by atoms with E-state index in [2.05, 4.69) is 65.6 Å². The molecule has 0 amide bonds. The highest BCUT2D eigenvalue weighted by Gasteiger charge is 2.42. The molecule has 0 aromatic heterocycles. The summed E-state index contributed by atoms with van der Waals surface area (Å²) in [5.74, 6) is 1.46.